The molecule has 0 aromatic heterocycles. The normalized spacial score (nSPS) is 15.0. The highest BCUT2D eigenvalue weighted by Gasteiger charge is 2.56. The number of benzene rings is 3. The molecule has 21 nitrogen and oxygen atoms in total. The highest BCUT2D eigenvalue weighted by atomic mass is 32.2. The van der Waals surface area contributed by atoms with Crippen molar-refractivity contribution in [1.82, 2.24) is 10.2 Å². The number of non-ortho nitro benzene ring substituents is 3. The maximum atomic E-state index is 13.2. The number of alkyl carbamates (subject to hydrolysis) is 1. The summed E-state index contributed by atoms with van der Waals surface area (Å²) in [6.45, 7) is 0.251. The molecule has 22 heteroatoms. The molecule has 0 spiro atoms. The van der Waals surface area contributed by atoms with E-state index in [1.807, 2.05) is 0 Å². The molecule has 1 fully saturated rings. The van der Waals surface area contributed by atoms with Crippen molar-refractivity contribution in [2.45, 2.75) is 45.3 Å². The van der Waals surface area contributed by atoms with Gasteiger partial charge < -0.3 is 24.3 Å². The molecule has 1 aliphatic rings. The number of imide groups is 1. The molecule has 1 saturated heterocycles. The fourth-order valence-electron chi connectivity index (χ4n) is 5.15. The topological polar surface area (TPSA) is 284 Å². The first kappa shape index (κ1) is 41.8. The van der Waals surface area contributed by atoms with E-state index >= 15 is 0 Å². The Morgan fingerprint density at radius 2 is 1.18 bits per heavy atom. The second kappa shape index (κ2) is 19.4. The molecule has 0 unspecified atom stereocenters. The summed E-state index contributed by atoms with van der Waals surface area (Å²) in [4.78, 5) is 108. The lowest BCUT2D eigenvalue weighted by Crippen LogP contribution is -2.68. The van der Waals surface area contributed by atoms with Crippen LogP contribution in [-0.2, 0) is 57.9 Å². The second-order valence-electron chi connectivity index (χ2n) is 11.7. The monoisotopic (exact) mass is 797 g/mol. The standard InChI is InChI=1S/C34H31N5O16S/c1-20(55-34(45)54-19-23-6-12-26(13-7-23)39(50)51)29-27(36(30(29)41)31(42)32(43)52-17-21-2-8-24(9-3-21)37(46)47)16-28(40)56-15-14-35-33(44)53-18-22-4-10-25(11-5-22)38(48)49/h2-13,20,27,29H,14-19H2,1H3,(H,35,44)/t20-,27-,29-/m1/s1. The van der Waals surface area contributed by atoms with Crippen LogP contribution in [0.5, 0.6) is 0 Å². The number of hydrogen-bond donors (Lipinski definition) is 1. The van der Waals surface area contributed by atoms with Gasteiger partial charge in [0.05, 0.1) is 26.7 Å². The van der Waals surface area contributed by atoms with Crippen LogP contribution >= 0.6 is 11.8 Å². The van der Waals surface area contributed by atoms with E-state index in [9.17, 15) is 59.1 Å². The van der Waals surface area contributed by atoms with E-state index in [1.165, 1.54) is 67.6 Å². The lowest BCUT2D eigenvalue weighted by atomic mass is 9.81. The van der Waals surface area contributed by atoms with Gasteiger partial charge in [0.2, 0.25) is 5.91 Å². The minimum Gasteiger partial charge on any atom is -0.454 e. The van der Waals surface area contributed by atoms with Crippen LogP contribution in [-0.4, -0.2) is 79.3 Å². The number of carbonyl (C=O) groups is 6. The minimum atomic E-state index is -1.47. The van der Waals surface area contributed by atoms with Crippen molar-refractivity contribution in [3.8, 4) is 0 Å². The number of ether oxygens (including phenoxy) is 4. The van der Waals surface area contributed by atoms with Crippen LogP contribution in [0.25, 0.3) is 0 Å². The molecule has 3 aromatic carbocycles. The van der Waals surface area contributed by atoms with Crippen LogP contribution in [0.4, 0.5) is 26.7 Å². The number of esters is 1. The molecule has 294 valence electrons. The van der Waals surface area contributed by atoms with E-state index in [0.29, 0.717) is 21.6 Å². The Morgan fingerprint density at radius 1 is 0.732 bits per heavy atom. The van der Waals surface area contributed by atoms with E-state index < -0.39 is 81.0 Å². The van der Waals surface area contributed by atoms with Crippen molar-refractivity contribution >= 4 is 64.0 Å². The lowest BCUT2D eigenvalue weighted by Gasteiger charge is -2.46. The predicted molar refractivity (Wildman–Crippen MR) is 189 cm³/mol. The Kier molecular flexibility index (Phi) is 14.5. The van der Waals surface area contributed by atoms with E-state index in [4.69, 9.17) is 18.9 Å². The molecule has 0 bridgehead atoms. The van der Waals surface area contributed by atoms with Crippen molar-refractivity contribution in [2.75, 3.05) is 12.3 Å². The molecule has 3 aromatic rings. The molecule has 1 aliphatic heterocycles. The molecule has 4 rings (SSSR count). The van der Waals surface area contributed by atoms with Crippen molar-refractivity contribution in [3.63, 3.8) is 0 Å². The number of nitrogens with zero attached hydrogens (tertiary/aromatic N) is 4. The summed E-state index contributed by atoms with van der Waals surface area (Å²) in [5, 5.41) is 34.4. The molecule has 0 aliphatic carbocycles. The Hall–Kier alpha value is -6.97. The number of hydrogen-bond acceptors (Lipinski definition) is 17. The number of nitrogens with one attached hydrogen (secondary N) is 1. The first-order valence-electron chi connectivity index (χ1n) is 16.3. The van der Waals surface area contributed by atoms with Crippen LogP contribution in [0.2, 0.25) is 0 Å². The third-order valence-corrected chi connectivity index (χ3v) is 8.90. The van der Waals surface area contributed by atoms with Crippen molar-refractivity contribution in [3.05, 3.63) is 120 Å². The van der Waals surface area contributed by atoms with Crippen LogP contribution in [0.3, 0.4) is 0 Å². The number of amides is 3. The highest BCUT2D eigenvalue weighted by molar-refractivity contribution is 8.13. The number of rotatable bonds is 16. The Labute approximate surface area is 319 Å². The largest absolute Gasteiger partial charge is 0.508 e. The third kappa shape index (κ3) is 11.5. The summed E-state index contributed by atoms with van der Waals surface area (Å²) in [7, 11) is 0. The maximum Gasteiger partial charge on any atom is 0.508 e. The molecule has 1 N–H and O–H groups in total. The summed E-state index contributed by atoms with van der Waals surface area (Å²) in [5.41, 5.74) is 0.636. The summed E-state index contributed by atoms with van der Waals surface area (Å²) in [5.74, 6) is -5.11. The zero-order valence-electron chi connectivity index (χ0n) is 29.1. The van der Waals surface area contributed by atoms with E-state index in [1.54, 1.807) is 0 Å². The van der Waals surface area contributed by atoms with E-state index in [2.05, 4.69) is 5.32 Å². The number of nitro groups is 3. The predicted octanol–water partition coefficient (Wildman–Crippen LogP) is 4.13. The van der Waals surface area contributed by atoms with Crippen LogP contribution < -0.4 is 5.32 Å². The summed E-state index contributed by atoms with van der Waals surface area (Å²) >= 11 is 0.724. The second-order valence-corrected chi connectivity index (χ2v) is 12.9. The van der Waals surface area contributed by atoms with Crippen molar-refractivity contribution < 1.29 is 62.5 Å². The van der Waals surface area contributed by atoms with Crippen LogP contribution in [0, 0.1) is 36.3 Å². The first-order chi connectivity index (χ1) is 26.6. The number of thioether (sulfide) groups is 1. The number of likely N-dealkylation sites (tertiary alicyclic amines) is 1. The van der Waals surface area contributed by atoms with E-state index in [-0.39, 0.29) is 42.6 Å². The van der Waals surface area contributed by atoms with Crippen molar-refractivity contribution in [1.29, 1.82) is 0 Å². The zero-order valence-corrected chi connectivity index (χ0v) is 29.9. The number of nitro benzene ring substituents is 3. The molecule has 3 atom stereocenters. The summed E-state index contributed by atoms with van der Waals surface area (Å²) < 4.78 is 20.3. The molecule has 0 saturated carbocycles. The maximum absolute atomic E-state index is 13.2. The molecule has 0 radical (unpaired) electrons. The Balaban J connectivity index is 1.33. The van der Waals surface area contributed by atoms with Gasteiger partial charge in [-0.3, -0.25) is 49.6 Å². The molecule has 3 amide bonds. The van der Waals surface area contributed by atoms with Crippen LogP contribution in [0.15, 0.2) is 72.8 Å². The minimum absolute atomic E-state index is 0.0169. The molecule has 56 heavy (non-hydrogen) atoms. The van der Waals surface area contributed by atoms with Gasteiger partial charge in [-0.25, -0.2) is 14.4 Å². The quantitative estimate of drug-likeness (QED) is 0.0405. The zero-order chi connectivity index (χ0) is 40.9. The SMILES string of the molecule is C[C@@H](OC(=O)OCc1ccc([N+](=O)[O-])cc1)[C@H]1C(=O)N(C(=O)C(=O)OCc2ccc([N+](=O)[O-])cc2)[C@@H]1CC(=O)SCCNC(=O)OCc1ccc([N+](=O)[O-])cc1. The number of β-lactam (4-membered cyclic amide) rings is 1. The molecular formula is C34H31N5O16S. The fourth-order valence-corrected chi connectivity index (χ4v) is 5.87. The summed E-state index contributed by atoms with van der Waals surface area (Å²) in [6, 6.07) is 14.1. The molecular weight excluding hydrogens is 766 g/mol. The first-order valence-corrected chi connectivity index (χ1v) is 17.3. The third-order valence-electron chi connectivity index (χ3n) is 8.00. The van der Waals surface area contributed by atoms with Gasteiger partial charge in [-0.1, -0.05) is 11.8 Å². The lowest BCUT2D eigenvalue weighted by molar-refractivity contribution is -0.385. The van der Waals surface area contributed by atoms with Gasteiger partial charge in [-0.05, 0) is 60.0 Å². The van der Waals surface area contributed by atoms with Crippen molar-refractivity contribution in [2.24, 2.45) is 5.92 Å². The molecule has 1 heterocycles. The van der Waals surface area contributed by atoms with Gasteiger partial charge in [0, 0.05) is 55.1 Å². The van der Waals surface area contributed by atoms with Gasteiger partial charge in [-0.2, -0.15) is 0 Å². The van der Waals surface area contributed by atoms with Gasteiger partial charge in [0.1, 0.15) is 25.9 Å². The van der Waals surface area contributed by atoms with E-state index in [0.717, 1.165) is 23.9 Å². The Morgan fingerprint density at radius 3 is 1.64 bits per heavy atom. The van der Waals surface area contributed by atoms with Gasteiger partial charge >= 0.3 is 24.1 Å². The summed E-state index contributed by atoms with van der Waals surface area (Å²) in [6.07, 6.45) is -3.85. The number of carbonyl (C=O) groups excluding carboxylic acids is 6. The fraction of sp³-hybridized carbons (Fsp3) is 0.294. The van der Waals surface area contributed by atoms with Gasteiger partial charge in [0.15, 0.2) is 5.12 Å². The smallest absolute Gasteiger partial charge is 0.454 e. The Bertz CT molecular complexity index is 1990. The van der Waals surface area contributed by atoms with Gasteiger partial charge in [0.25, 0.3) is 17.1 Å². The average molecular weight is 798 g/mol. The highest BCUT2D eigenvalue weighted by Crippen LogP contribution is 2.35. The van der Waals surface area contributed by atoms with Crippen LogP contribution in [0.1, 0.15) is 30.0 Å². The average Bonchev–Trinajstić information content (AvgIpc) is 3.17. The van der Waals surface area contributed by atoms with Gasteiger partial charge in [-0.15, -0.1) is 0 Å².